The number of nitrogens with two attached hydrogens (primary N) is 1. The van der Waals surface area contributed by atoms with Crippen LogP contribution in [0.5, 0.6) is 0 Å². The number of imidazole rings is 1. The van der Waals surface area contributed by atoms with Crippen LogP contribution in [0.4, 0.5) is 5.82 Å². The van der Waals surface area contributed by atoms with Gasteiger partial charge in [-0.05, 0) is 6.42 Å². The van der Waals surface area contributed by atoms with Gasteiger partial charge in [0.15, 0.2) is 17.7 Å². The summed E-state index contributed by atoms with van der Waals surface area (Å²) in [5.74, 6) is -4.02. The number of rotatable bonds is 22. The Balaban J connectivity index is 0.0000112. The molecule has 0 saturated carbocycles. The number of carboxylic acid groups (broad SMARTS) is 1. The van der Waals surface area contributed by atoms with Crippen molar-refractivity contribution in [1.29, 1.82) is 0 Å². The first-order chi connectivity index (χ1) is 25.9. The number of amides is 2. The molecule has 26 nitrogen and oxygen atoms in total. The number of carbonyl (C=O) groups is 4. The molecule has 0 bridgehead atoms. The van der Waals surface area contributed by atoms with Crippen LogP contribution in [0.25, 0.3) is 11.2 Å². The number of nitrogen functional groups attached to an aromatic ring is 1. The molecule has 8 N–H and O–H groups in total. The van der Waals surface area contributed by atoms with E-state index in [2.05, 4.69) is 43.5 Å². The number of aliphatic hydroxyl groups is 2. The zero-order chi connectivity index (χ0) is 42.2. The summed E-state index contributed by atoms with van der Waals surface area (Å²) in [6.45, 7) is 1.33. The van der Waals surface area contributed by atoms with E-state index in [1.54, 1.807) is 6.92 Å². The van der Waals surface area contributed by atoms with Gasteiger partial charge >= 0.3 is 62.6 Å². The van der Waals surface area contributed by atoms with Crippen LogP contribution in [0, 0.1) is 11.3 Å². The fourth-order valence-electron chi connectivity index (χ4n) is 4.81. The van der Waals surface area contributed by atoms with Crippen molar-refractivity contribution in [3.05, 3.63) is 12.7 Å². The van der Waals surface area contributed by atoms with E-state index in [1.165, 1.54) is 13.8 Å². The van der Waals surface area contributed by atoms with Gasteiger partial charge in [-0.1, -0.05) is 32.5 Å². The van der Waals surface area contributed by atoms with Crippen molar-refractivity contribution in [3.63, 3.8) is 0 Å². The smallest absolute Gasteiger partial charge is 0.756 e. The molecular formula is C26H39Li3N7O19P3S. The number of thioether (sulfide) groups is 1. The molecule has 2 aromatic rings. The van der Waals surface area contributed by atoms with Gasteiger partial charge in [0, 0.05) is 30.7 Å². The Morgan fingerprint density at radius 2 is 1.68 bits per heavy atom. The van der Waals surface area contributed by atoms with E-state index >= 15 is 0 Å². The number of ether oxygens (including phenoxy) is 1. The van der Waals surface area contributed by atoms with Crippen LogP contribution in [0.3, 0.4) is 0 Å². The molecule has 0 spiro atoms. The molecule has 1 saturated heterocycles. The van der Waals surface area contributed by atoms with E-state index in [4.69, 9.17) is 15.6 Å². The van der Waals surface area contributed by atoms with Gasteiger partial charge in [0.2, 0.25) is 16.9 Å². The number of carbonyl (C=O) groups excluding carboxylic acids is 3. The summed E-state index contributed by atoms with van der Waals surface area (Å²) in [4.78, 5) is 105. The quantitative estimate of drug-likeness (QED) is 0.0250. The van der Waals surface area contributed by atoms with Crippen LogP contribution in [-0.2, 0) is 55.5 Å². The summed E-state index contributed by atoms with van der Waals surface area (Å²) in [6, 6.07) is 0. The summed E-state index contributed by atoms with van der Waals surface area (Å²) < 4.78 is 60.7. The van der Waals surface area contributed by atoms with E-state index in [0.717, 1.165) is 29.0 Å². The number of phosphoric ester groups is 3. The molecule has 9 unspecified atom stereocenters. The Bertz CT molecular complexity index is 1900. The predicted molar refractivity (Wildman–Crippen MR) is 182 cm³/mol. The number of anilines is 1. The van der Waals surface area contributed by atoms with E-state index in [-0.39, 0.29) is 105 Å². The first kappa shape index (κ1) is 57.8. The number of aliphatic hydroxyl groups excluding tert-OH is 2. The summed E-state index contributed by atoms with van der Waals surface area (Å²) >= 11 is 0.741. The Morgan fingerprint density at radius 3 is 2.27 bits per heavy atom. The normalized spacial score (nSPS) is 21.8. The Labute approximate surface area is 376 Å². The van der Waals surface area contributed by atoms with Crippen molar-refractivity contribution >= 4 is 75.1 Å². The van der Waals surface area contributed by atoms with Crippen molar-refractivity contribution in [1.82, 2.24) is 30.2 Å². The predicted octanol–water partition coefficient (Wildman–Crippen LogP) is -12.1. The molecule has 3 rings (SSSR count). The Hall–Kier alpha value is -1.18. The molecule has 1 fully saturated rings. The number of aliphatic carboxylic acids is 1. The van der Waals surface area contributed by atoms with Crippen LogP contribution in [0.1, 0.15) is 39.8 Å². The van der Waals surface area contributed by atoms with Crippen LogP contribution >= 0.6 is 35.2 Å². The summed E-state index contributed by atoms with van der Waals surface area (Å²) in [6.07, 6.45) is -7.48. The van der Waals surface area contributed by atoms with Crippen LogP contribution in [-0.4, -0.2) is 119 Å². The van der Waals surface area contributed by atoms with E-state index in [1.807, 2.05) is 0 Å². The molecule has 0 aliphatic carbocycles. The van der Waals surface area contributed by atoms with E-state index in [0.29, 0.717) is 0 Å². The number of aromatic nitrogens is 4. The van der Waals surface area contributed by atoms with E-state index < -0.39 is 102 Å². The number of phosphoric acid groups is 3. The van der Waals surface area contributed by atoms with Crippen LogP contribution in [0.15, 0.2) is 12.7 Å². The third-order valence-corrected chi connectivity index (χ3v) is 11.7. The first-order valence-corrected chi connectivity index (χ1v) is 21.5. The van der Waals surface area contributed by atoms with Crippen LogP contribution < -0.4 is 87.6 Å². The number of nitrogens with one attached hydrogen (secondary N) is 2. The summed E-state index contributed by atoms with van der Waals surface area (Å²) in [5, 5.41) is 34.5. The fourth-order valence-corrected chi connectivity index (χ4v) is 8.43. The molecule has 2 aromatic heterocycles. The molecule has 9 atom stereocenters. The number of hydrogen-bond donors (Lipinski definition) is 7. The second-order valence-corrected chi connectivity index (χ2v) is 17.7. The molecule has 0 aromatic carbocycles. The van der Waals surface area contributed by atoms with Crippen molar-refractivity contribution in [3.8, 4) is 0 Å². The monoisotopic (exact) mass is 899 g/mol. The maximum absolute atomic E-state index is 12.5. The Kier molecular flexibility index (Phi) is 24.1. The van der Waals surface area contributed by atoms with Gasteiger partial charge in [0.25, 0.3) is 23.5 Å². The second-order valence-electron chi connectivity index (χ2n) is 12.5. The van der Waals surface area contributed by atoms with Gasteiger partial charge in [-0.3, -0.25) is 37.4 Å². The summed E-state index contributed by atoms with van der Waals surface area (Å²) in [5.41, 5.74) is 4.04. The molecule has 3 heterocycles. The van der Waals surface area contributed by atoms with Gasteiger partial charge in [-0.25, -0.2) is 19.3 Å². The average molecular weight is 899 g/mol. The van der Waals surface area contributed by atoms with Crippen molar-refractivity contribution < 1.29 is 147 Å². The van der Waals surface area contributed by atoms with Crippen molar-refractivity contribution in [2.75, 3.05) is 37.8 Å². The molecule has 316 valence electrons. The van der Waals surface area contributed by atoms with Gasteiger partial charge in [-0.2, -0.15) is 0 Å². The molecule has 1 aliphatic heterocycles. The minimum atomic E-state index is -5.92. The minimum Gasteiger partial charge on any atom is -0.756 e. The van der Waals surface area contributed by atoms with Crippen molar-refractivity contribution in [2.45, 2.75) is 64.3 Å². The van der Waals surface area contributed by atoms with Gasteiger partial charge < -0.3 is 69.6 Å². The first-order valence-electron chi connectivity index (χ1n) is 16.1. The average Bonchev–Trinajstić information content (AvgIpc) is 3.64. The number of hydrogen-bond acceptors (Lipinski definition) is 22. The molecule has 59 heavy (non-hydrogen) atoms. The molecular weight excluding hydrogens is 860 g/mol. The minimum absolute atomic E-state index is 0. The zero-order valence-corrected chi connectivity index (χ0v) is 36.1. The molecule has 1 aliphatic rings. The SMILES string of the molecule is CCC(C(=O)O)C(=O)SCCNC(=O)CCNC(=O)C(O)C(C)(C)COP(=O)([O-])OP(=O)([O-])OCC1OC(n2cnc3c(N)ncnc32)C(O)C1OP(=O)([O-])O.[Li+].[Li+].[Li+]. The number of fused-ring (bicyclic) bond motifs is 1. The third kappa shape index (κ3) is 17.5. The largest absolute Gasteiger partial charge is 1.00 e. The number of carboxylic acids is 1. The van der Waals surface area contributed by atoms with Gasteiger partial charge in [-0.15, -0.1) is 0 Å². The molecule has 2 amide bonds. The van der Waals surface area contributed by atoms with Gasteiger partial charge in [0.1, 0.15) is 42.2 Å². The zero-order valence-electron chi connectivity index (χ0n) is 32.6. The standard InChI is InChI=1S/C26H42N7O19P3S.3Li/c1-4-13(24(38)39)25(40)56-8-7-28-15(34)5-6-29-22(37)19(36)26(2,3)10-49-55(46,47)52-54(44,45)48-9-14-18(51-53(41,42)43)17(35)23(50-14)33-12-32-16-20(27)30-11-31-21(16)33;;;/h11-14,17-19,23,35-36H,4-10H2,1-3H3,(H,28,34)(H,29,37)(H,38,39)(H,44,45)(H,46,47)(H2,27,30,31)(H2,41,42,43);;;/q;3*+1/p-3. The van der Waals surface area contributed by atoms with Gasteiger partial charge in [0.05, 0.1) is 19.5 Å². The summed E-state index contributed by atoms with van der Waals surface area (Å²) in [7, 11) is -17.4. The molecule has 33 heteroatoms. The maximum atomic E-state index is 12.5. The fraction of sp³-hybridized carbons (Fsp3) is 0.654. The second kappa shape index (κ2) is 24.6. The topological polar surface area (TPSA) is 409 Å². The maximum Gasteiger partial charge on any atom is 1.00 e. The van der Waals surface area contributed by atoms with E-state index in [9.17, 15) is 62.7 Å². The third-order valence-electron chi connectivity index (χ3n) is 7.72. The number of nitrogens with zero attached hydrogens (tertiary/aromatic N) is 4. The van der Waals surface area contributed by atoms with Crippen molar-refractivity contribution in [2.24, 2.45) is 11.3 Å². The molecule has 0 radical (unpaired) electrons. The Morgan fingerprint density at radius 1 is 1.05 bits per heavy atom. The van der Waals surface area contributed by atoms with Crippen LogP contribution in [0.2, 0.25) is 0 Å².